The van der Waals surface area contributed by atoms with Crippen molar-refractivity contribution in [1.82, 2.24) is 10.6 Å². The minimum atomic E-state index is 0.990. The highest BCUT2D eigenvalue weighted by Gasteiger charge is 1.86. The van der Waals surface area contributed by atoms with Crippen LogP contribution in [0.1, 0.15) is 6.42 Å². The fourth-order valence-electron chi connectivity index (χ4n) is 0.453. The predicted molar refractivity (Wildman–Crippen MR) is 28.1 cm³/mol. The van der Waals surface area contributed by atoms with E-state index < -0.39 is 0 Å². The van der Waals surface area contributed by atoms with E-state index in [0.717, 1.165) is 13.0 Å². The molecule has 0 fully saturated rings. The van der Waals surface area contributed by atoms with Crippen LogP contribution in [-0.2, 0) is 0 Å². The highest BCUT2D eigenvalue weighted by Crippen LogP contribution is 1.82. The van der Waals surface area contributed by atoms with E-state index in [-0.39, 0.29) is 0 Å². The van der Waals surface area contributed by atoms with Crippen molar-refractivity contribution in [1.29, 1.82) is 0 Å². The Morgan fingerprint density at radius 1 is 1.57 bits per heavy atom. The molecule has 0 amide bonds. The Hall–Kier alpha value is -0.500. The summed E-state index contributed by atoms with van der Waals surface area (Å²) in [5, 5.41) is 5.73. The molecule has 0 aromatic rings. The second-order valence-electron chi connectivity index (χ2n) is 1.39. The summed E-state index contributed by atoms with van der Waals surface area (Å²) < 4.78 is 0. The second-order valence-corrected chi connectivity index (χ2v) is 1.39. The molecule has 2 N–H and O–H groups in total. The first kappa shape index (κ1) is 4.65. The van der Waals surface area contributed by atoms with Gasteiger partial charge in [0, 0.05) is 6.54 Å². The molecule has 38 valence electrons. The Balaban J connectivity index is 2.20. The molecule has 1 heterocycles. The predicted octanol–water partition coefficient (Wildman–Crippen LogP) is 0.0793. The molecule has 0 saturated carbocycles. The van der Waals surface area contributed by atoms with Gasteiger partial charge in [0.2, 0.25) is 0 Å². The number of hydrogen-bond donors (Lipinski definition) is 2. The van der Waals surface area contributed by atoms with Gasteiger partial charge in [0.1, 0.15) is 0 Å². The Morgan fingerprint density at radius 3 is 3.57 bits per heavy atom. The third kappa shape index (κ3) is 1.59. The third-order valence-electron chi connectivity index (χ3n) is 0.798. The summed E-state index contributed by atoms with van der Waals surface area (Å²) >= 11 is 0. The second kappa shape index (κ2) is 2.64. The number of nitrogens with one attached hydrogen (secondary N) is 2. The number of rotatable bonds is 0. The zero-order chi connectivity index (χ0) is 4.95. The lowest BCUT2D eigenvalue weighted by atomic mass is 10.4. The van der Waals surface area contributed by atoms with E-state index in [4.69, 9.17) is 0 Å². The van der Waals surface area contributed by atoms with Gasteiger partial charge >= 0.3 is 0 Å². The van der Waals surface area contributed by atoms with Crippen LogP contribution in [-0.4, -0.2) is 6.54 Å². The van der Waals surface area contributed by atoms with E-state index in [2.05, 4.69) is 23.4 Å². The van der Waals surface area contributed by atoms with Gasteiger partial charge in [0.15, 0.2) is 6.67 Å². The summed E-state index contributed by atoms with van der Waals surface area (Å²) in [6.45, 7) is 3.75. The fraction of sp³-hybridized carbons (Fsp3) is 0.400. The molecular formula is C5H8N2. The van der Waals surface area contributed by atoms with Gasteiger partial charge in [0.05, 0.1) is 0 Å². The van der Waals surface area contributed by atoms with Gasteiger partial charge in [-0.2, -0.15) is 0 Å². The topological polar surface area (TPSA) is 24.1 Å². The Kier molecular flexibility index (Phi) is 1.75. The highest BCUT2D eigenvalue weighted by atomic mass is 15.0. The molecular weight excluding hydrogens is 88.1 g/mol. The largest absolute Gasteiger partial charge is 0.367 e. The van der Waals surface area contributed by atoms with Crippen molar-refractivity contribution in [3.63, 3.8) is 0 Å². The first-order chi connectivity index (χ1) is 3.50. The van der Waals surface area contributed by atoms with Gasteiger partial charge in [0.25, 0.3) is 0 Å². The van der Waals surface area contributed by atoms with Crippen molar-refractivity contribution in [3.8, 4) is 0 Å². The van der Waals surface area contributed by atoms with Gasteiger partial charge in [-0.3, -0.25) is 5.32 Å². The molecule has 0 aromatic heterocycles. The maximum Gasteiger partial charge on any atom is 0.171 e. The monoisotopic (exact) mass is 96.1 g/mol. The fourth-order valence-corrected chi connectivity index (χ4v) is 0.453. The zero-order valence-electron chi connectivity index (χ0n) is 4.07. The lowest BCUT2D eigenvalue weighted by molar-refractivity contribution is 0.768. The summed E-state index contributed by atoms with van der Waals surface area (Å²) in [6, 6.07) is 0. The summed E-state index contributed by atoms with van der Waals surface area (Å²) in [6.07, 6.45) is 5.02. The Bertz CT molecular complexity index is 60.5. The molecule has 1 rings (SSSR count). The van der Waals surface area contributed by atoms with Crippen LogP contribution in [0.15, 0.2) is 12.3 Å². The third-order valence-corrected chi connectivity index (χ3v) is 0.798. The number of hydrogen-bond acceptors (Lipinski definition) is 2. The van der Waals surface area contributed by atoms with Crippen LogP contribution in [0, 0.1) is 6.67 Å². The molecule has 7 heavy (non-hydrogen) atoms. The zero-order valence-corrected chi connectivity index (χ0v) is 4.07. The molecule has 0 aromatic carbocycles. The van der Waals surface area contributed by atoms with Crippen molar-refractivity contribution >= 4 is 0 Å². The lowest BCUT2D eigenvalue weighted by Crippen LogP contribution is -2.16. The van der Waals surface area contributed by atoms with E-state index in [1.165, 1.54) is 0 Å². The van der Waals surface area contributed by atoms with Crippen molar-refractivity contribution < 1.29 is 0 Å². The molecule has 2 radical (unpaired) electrons. The van der Waals surface area contributed by atoms with Crippen LogP contribution in [0.25, 0.3) is 0 Å². The first-order valence-electron chi connectivity index (χ1n) is 2.38. The highest BCUT2D eigenvalue weighted by molar-refractivity contribution is 4.86. The van der Waals surface area contributed by atoms with Gasteiger partial charge in [-0.25, -0.2) is 0 Å². The molecule has 0 atom stereocenters. The van der Waals surface area contributed by atoms with E-state index in [1.807, 2.05) is 6.20 Å². The molecule has 0 bridgehead atoms. The molecule has 2 heteroatoms. The minimum absolute atomic E-state index is 0.990. The van der Waals surface area contributed by atoms with E-state index in [1.54, 1.807) is 0 Å². The van der Waals surface area contributed by atoms with Crippen molar-refractivity contribution in [2.45, 2.75) is 6.42 Å². The molecule has 0 spiro atoms. The van der Waals surface area contributed by atoms with Crippen molar-refractivity contribution in [3.05, 3.63) is 18.9 Å². The normalized spacial score (nSPS) is 20.6. The van der Waals surface area contributed by atoms with Crippen molar-refractivity contribution in [2.24, 2.45) is 0 Å². The van der Waals surface area contributed by atoms with Gasteiger partial charge < -0.3 is 5.32 Å². The Labute approximate surface area is 43.6 Å². The molecule has 2 nitrogen and oxygen atoms in total. The molecule has 1 aliphatic rings. The van der Waals surface area contributed by atoms with Crippen molar-refractivity contribution in [2.75, 3.05) is 6.54 Å². The molecule has 1 aliphatic heterocycles. The van der Waals surface area contributed by atoms with Gasteiger partial charge in [-0.05, 0) is 12.6 Å². The van der Waals surface area contributed by atoms with Crippen LogP contribution in [0.2, 0.25) is 0 Å². The average molecular weight is 96.1 g/mol. The maximum absolute atomic E-state index is 2.92. The van der Waals surface area contributed by atoms with Crippen LogP contribution in [0.4, 0.5) is 0 Å². The standard InChI is InChI=1S/C5H8N2/c1-2-4-7-5-6-3-1/h1,3,6-7H,2,4H2. The van der Waals surface area contributed by atoms with Crippen LogP contribution in [0.5, 0.6) is 0 Å². The summed E-state index contributed by atoms with van der Waals surface area (Å²) in [5.41, 5.74) is 0. The van der Waals surface area contributed by atoms with E-state index in [9.17, 15) is 0 Å². The summed E-state index contributed by atoms with van der Waals surface area (Å²) in [7, 11) is 0. The lowest BCUT2D eigenvalue weighted by Gasteiger charge is -1.91. The SMILES string of the molecule is [C]1NC=CCCN1. The molecule has 0 saturated heterocycles. The smallest absolute Gasteiger partial charge is 0.171 e. The average Bonchev–Trinajstić information content (AvgIpc) is 1.90. The first-order valence-corrected chi connectivity index (χ1v) is 2.38. The molecule has 0 aliphatic carbocycles. The van der Waals surface area contributed by atoms with E-state index >= 15 is 0 Å². The van der Waals surface area contributed by atoms with Gasteiger partial charge in [-0.1, -0.05) is 6.08 Å². The summed E-state index contributed by atoms with van der Waals surface area (Å²) in [4.78, 5) is 0. The maximum atomic E-state index is 2.92. The van der Waals surface area contributed by atoms with Crippen LogP contribution < -0.4 is 10.6 Å². The van der Waals surface area contributed by atoms with Gasteiger partial charge in [-0.15, -0.1) is 0 Å². The van der Waals surface area contributed by atoms with E-state index in [0.29, 0.717) is 0 Å². The quantitative estimate of drug-likeness (QED) is 0.446. The molecule has 0 unspecified atom stereocenters. The van der Waals surface area contributed by atoms with Crippen LogP contribution in [0.3, 0.4) is 0 Å². The minimum Gasteiger partial charge on any atom is -0.367 e. The Morgan fingerprint density at radius 2 is 2.57 bits per heavy atom. The van der Waals surface area contributed by atoms with Crippen LogP contribution >= 0.6 is 0 Å². The summed E-state index contributed by atoms with van der Waals surface area (Å²) in [5.74, 6) is 0.